The standard InChI is InChI=1S/C17H27N7OS.HI/c1-12-21-22-16(24(12)4)9-19-17(18-8-15-6-5-7-25-15)23(3)10-14-11-26-13(2)20-14;/h11,15H,5-10H2,1-4H3,(H,18,19);1H. The molecular weight excluding hydrogens is 477 g/mol. The Morgan fingerprint density at radius 3 is 2.85 bits per heavy atom. The van der Waals surface area contributed by atoms with Gasteiger partial charge in [0.05, 0.1) is 23.4 Å². The van der Waals surface area contributed by atoms with E-state index in [4.69, 9.17) is 9.73 Å². The van der Waals surface area contributed by atoms with Crippen molar-refractivity contribution in [1.82, 2.24) is 30.0 Å². The van der Waals surface area contributed by atoms with Gasteiger partial charge in [0, 0.05) is 32.6 Å². The van der Waals surface area contributed by atoms with Crippen LogP contribution in [0, 0.1) is 13.8 Å². The third kappa shape index (κ3) is 6.11. The predicted molar refractivity (Wildman–Crippen MR) is 118 cm³/mol. The van der Waals surface area contributed by atoms with Crippen LogP contribution in [-0.2, 0) is 24.9 Å². The molecule has 0 radical (unpaired) electrons. The molecule has 0 amide bonds. The molecule has 0 spiro atoms. The van der Waals surface area contributed by atoms with E-state index in [2.05, 4.69) is 30.8 Å². The molecule has 2 aromatic rings. The molecule has 27 heavy (non-hydrogen) atoms. The first-order valence-electron chi connectivity index (χ1n) is 8.90. The van der Waals surface area contributed by atoms with Gasteiger partial charge >= 0.3 is 0 Å². The number of nitrogens with one attached hydrogen (secondary N) is 1. The zero-order valence-electron chi connectivity index (χ0n) is 16.3. The Kier molecular flexibility index (Phi) is 8.42. The third-order valence-electron chi connectivity index (χ3n) is 4.49. The van der Waals surface area contributed by atoms with Crippen LogP contribution in [0.1, 0.15) is 35.2 Å². The highest BCUT2D eigenvalue weighted by atomic mass is 127. The van der Waals surface area contributed by atoms with E-state index in [1.54, 1.807) is 11.3 Å². The van der Waals surface area contributed by atoms with Gasteiger partial charge in [0.25, 0.3) is 0 Å². The molecule has 0 aromatic carbocycles. The van der Waals surface area contributed by atoms with Crippen molar-refractivity contribution in [1.29, 1.82) is 0 Å². The summed E-state index contributed by atoms with van der Waals surface area (Å²) in [4.78, 5) is 11.4. The average Bonchev–Trinajstić information content (AvgIpc) is 3.33. The Labute approximate surface area is 181 Å². The number of aromatic nitrogens is 4. The predicted octanol–water partition coefficient (Wildman–Crippen LogP) is 2.26. The van der Waals surface area contributed by atoms with E-state index >= 15 is 0 Å². The number of halogens is 1. The molecule has 1 atom stereocenters. The molecule has 0 saturated carbocycles. The normalized spacial score (nSPS) is 17.0. The number of ether oxygens (including phenoxy) is 1. The highest BCUT2D eigenvalue weighted by molar-refractivity contribution is 14.0. The molecule has 8 nitrogen and oxygen atoms in total. The largest absolute Gasteiger partial charge is 0.376 e. The molecule has 0 aliphatic carbocycles. The zero-order valence-corrected chi connectivity index (χ0v) is 19.5. The summed E-state index contributed by atoms with van der Waals surface area (Å²) in [7, 11) is 3.99. The molecule has 3 heterocycles. The van der Waals surface area contributed by atoms with Crippen molar-refractivity contribution in [2.24, 2.45) is 12.0 Å². The summed E-state index contributed by atoms with van der Waals surface area (Å²) in [5.74, 6) is 2.55. The van der Waals surface area contributed by atoms with E-state index < -0.39 is 0 Å². The number of thiazole rings is 1. The molecule has 2 aromatic heterocycles. The summed E-state index contributed by atoms with van der Waals surface area (Å²) in [6, 6.07) is 0. The quantitative estimate of drug-likeness (QED) is 0.369. The number of aliphatic imine (C=N–C) groups is 1. The summed E-state index contributed by atoms with van der Waals surface area (Å²) < 4.78 is 7.68. The fourth-order valence-electron chi connectivity index (χ4n) is 2.86. The first kappa shape index (κ1) is 22.0. The van der Waals surface area contributed by atoms with Gasteiger partial charge in [-0.05, 0) is 26.7 Å². The maximum atomic E-state index is 5.72. The van der Waals surface area contributed by atoms with Gasteiger partial charge in [0.2, 0.25) is 0 Å². The minimum atomic E-state index is 0. The summed E-state index contributed by atoms with van der Waals surface area (Å²) in [6.07, 6.45) is 2.48. The van der Waals surface area contributed by atoms with E-state index in [0.717, 1.165) is 54.3 Å². The van der Waals surface area contributed by atoms with Gasteiger partial charge in [-0.3, -0.25) is 0 Å². The van der Waals surface area contributed by atoms with Crippen LogP contribution >= 0.6 is 35.3 Å². The minimum absolute atomic E-state index is 0. The lowest BCUT2D eigenvalue weighted by Gasteiger charge is -2.23. The van der Waals surface area contributed by atoms with Crippen LogP contribution in [0.5, 0.6) is 0 Å². The van der Waals surface area contributed by atoms with Crippen molar-refractivity contribution in [2.75, 3.05) is 20.2 Å². The number of hydrogen-bond donors (Lipinski definition) is 1. The Morgan fingerprint density at radius 1 is 1.44 bits per heavy atom. The molecule has 150 valence electrons. The summed E-state index contributed by atoms with van der Waals surface area (Å²) in [6.45, 7) is 6.76. The second kappa shape index (κ2) is 10.3. The van der Waals surface area contributed by atoms with Crippen molar-refractivity contribution in [3.63, 3.8) is 0 Å². The molecule has 1 saturated heterocycles. The Morgan fingerprint density at radius 2 is 2.26 bits per heavy atom. The highest BCUT2D eigenvalue weighted by Gasteiger charge is 2.17. The van der Waals surface area contributed by atoms with Crippen molar-refractivity contribution in [2.45, 2.75) is 45.9 Å². The third-order valence-corrected chi connectivity index (χ3v) is 5.31. The molecule has 1 aliphatic rings. The average molecular weight is 505 g/mol. The van der Waals surface area contributed by atoms with Crippen molar-refractivity contribution >= 4 is 41.3 Å². The van der Waals surface area contributed by atoms with Crippen LogP contribution in [0.4, 0.5) is 0 Å². The minimum Gasteiger partial charge on any atom is -0.376 e. The molecule has 1 unspecified atom stereocenters. The molecule has 3 rings (SSSR count). The number of aryl methyl sites for hydroxylation is 2. The lowest BCUT2D eigenvalue weighted by atomic mass is 10.2. The first-order valence-corrected chi connectivity index (χ1v) is 9.78. The monoisotopic (exact) mass is 505 g/mol. The van der Waals surface area contributed by atoms with Gasteiger partial charge in [-0.15, -0.1) is 45.5 Å². The molecule has 1 N–H and O–H groups in total. The van der Waals surface area contributed by atoms with Crippen molar-refractivity contribution < 1.29 is 4.74 Å². The van der Waals surface area contributed by atoms with Crippen LogP contribution in [0.15, 0.2) is 10.4 Å². The van der Waals surface area contributed by atoms with Crippen molar-refractivity contribution in [3.05, 3.63) is 27.7 Å². The lowest BCUT2D eigenvalue weighted by molar-refractivity contribution is 0.113. The Bertz CT molecular complexity index is 754. The molecular formula is C17H28IN7OS. The van der Waals surface area contributed by atoms with Crippen LogP contribution < -0.4 is 5.32 Å². The van der Waals surface area contributed by atoms with Gasteiger partial charge in [-0.25, -0.2) is 9.98 Å². The molecule has 1 fully saturated rings. The van der Waals surface area contributed by atoms with E-state index in [1.807, 2.05) is 32.5 Å². The van der Waals surface area contributed by atoms with E-state index in [1.165, 1.54) is 0 Å². The van der Waals surface area contributed by atoms with Crippen molar-refractivity contribution in [3.8, 4) is 0 Å². The molecule has 10 heteroatoms. The Hall–Kier alpha value is -1.27. The van der Waals surface area contributed by atoms with Gasteiger partial charge in [0.15, 0.2) is 11.8 Å². The fourth-order valence-corrected chi connectivity index (χ4v) is 3.46. The maximum Gasteiger partial charge on any atom is 0.194 e. The van der Waals surface area contributed by atoms with Gasteiger partial charge in [-0.1, -0.05) is 0 Å². The van der Waals surface area contributed by atoms with Crippen LogP contribution in [-0.4, -0.2) is 56.9 Å². The molecule has 0 bridgehead atoms. The summed E-state index contributed by atoms with van der Waals surface area (Å²) in [5, 5.41) is 14.9. The summed E-state index contributed by atoms with van der Waals surface area (Å²) in [5.41, 5.74) is 1.05. The SMILES string of the molecule is Cc1nc(CN(C)C(=NCc2nnc(C)n2C)NCC2CCCO2)cs1.I. The lowest BCUT2D eigenvalue weighted by Crippen LogP contribution is -2.42. The second-order valence-corrected chi connectivity index (χ2v) is 7.65. The van der Waals surface area contributed by atoms with Crippen LogP contribution in [0.3, 0.4) is 0 Å². The van der Waals surface area contributed by atoms with Gasteiger partial charge in [-0.2, -0.15) is 0 Å². The fraction of sp³-hybridized carbons (Fsp3) is 0.647. The van der Waals surface area contributed by atoms with Gasteiger partial charge < -0.3 is 19.5 Å². The number of nitrogens with zero attached hydrogens (tertiary/aromatic N) is 6. The smallest absolute Gasteiger partial charge is 0.194 e. The van der Waals surface area contributed by atoms with E-state index in [0.29, 0.717) is 13.1 Å². The Balaban J connectivity index is 0.00000261. The molecule has 1 aliphatic heterocycles. The topological polar surface area (TPSA) is 80.5 Å². The van der Waals surface area contributed by atoms with Crippen LogP contribution in [0.25, 0.3) is 0 Å². The number of guanidine groups is 1. The van der Waals surface area contributed by atoms with Crippen LogP contribution in [0.2, 0.25) is 0 Å². The first-order chi connectivity index (χ1) is 12.5. The van der Waals surface area contributed by atoms with E-state index in [-0.39, 0.29) is 30.1 Å². The summed E-state index contributed by atoms with van der Waals surface area (Å²) >= 11 is 1.67. The van der Waals surface area contributed by atoms with Gasteiger partial charge in [0.1, 0.15) is 12.4 Å². The highest BCUT2D eigenvalue weighted by Crippen LogP contribution is 2.12. The maximum absolute atomic E-state index is 5.72. The van der Waals surface area contributed by atoms with E-state index in [9.17, 15) is 0 Å². The second-order valence-electron chi connectivity index (χ2n) is 6.59. The number of rotatable bonds is 6. The zero-order chi connectivity index (χ0) is 18.5. The number of hydrogen-bond acceptors (Lipinski definition) is 6.